The second-order valence-electron chi connectivity index (χ2n) is 6.16. The molecule has 0 fully saturated rings. The molecule has 3 aromatic rings. The summed E-state index contributed by atoms with van der Waals surface area (Å²) in [6.45, 7) is 1.43. The molecule has 28 heavy (non-hydrogen) atoms. The van der Waals surface area contributed by atoms with E-state index in [-0.39, 0.29) is 5.78 Å². The lowest BCUT2D eigenvalue weighted by atomic mass is 10.1. The van der Waals surface area contributed by atoms with E-state index in [0.29, 0.717) is 28.3 Å². The molecule has 3 aromatic carbocycles. The van der Waals surface area contributed by atoms with Gasteiger partial charge >= 0.3 is 11.8 Å². The predicted molar refractivity (Wildman–Crippen MR) is 110 cm³/mol. The monoisotopic (exact) mass is 373 g/mol. The van der Waals surface area contributed by atoms with Crippen LogP contribution in [0.3, 0.4) is 0 Å². The minimum absolute atomic E-state index is 0.129. The number of nitrogen functional groups attached to an aromatic ring is 1. The first kappa shape index (κ1) is 18.8. The van der Waals surface area contributed by atoms with Crippen LogP contribution < -0.4 is 16.0 Å². The van der Waals surface area contributed by atoms with Crippen molar-refractivity contribution in [3.63, 3.8) is 0 Å². The summed E-state index contributed by atoms with van der Waals surface area (Å²) in [4.78, 5) is 38.4. The number of hydrogen-bond acceptors (Lipinski definition) is 4. The van der Waals surface area contributed by atoms with Crippen molar-refractivity contribution in [2.75, 3.05) is 16.0 Å². The number of nitrogens with two attached hydrogens (primary N) is 1. The molecule has 0 aliphatic heterocycles. The number of benzene rings is 3. The number of carbonyl (C=O) groups excluding carboxylic acids is 3. The van der Waals surface area contributed by atoms with Gasteiger partial charge in [0, 0.05) is 28.3 Å². The Labute approximate surface area is 162 Å². The van der Waals surface area contributed by atoms with Crippen LogP contribution in [0.2, 0.25) is 0 Å². The van der Waals surface area contributed by atoms with Gasteiger partial charge in [-0.15, -0.1) is 0 Å². The second kappa shape index (κ2) is 8.18. The number of nitrogens with zero attached hydrogens (tertiary/aromatic N) is 1. The van der Waals surface area contributed by atoms with Crippen LogP contribution >= 0.6 is 0 Å². The third-order valence-electron chi connectivity index (χ3n) is 4.09. The SMILES string of the molecule is CC(=O)c1cccc(NC(=O)C(=O)N(c2ccccc2)c2ccc(N)cc2)c1. The van der Waals surface area contributed by atoms with E-state index in [1.807, 2.05) is 6.07 Å². The molecule has 140 valence electrons. The molecular weight excluding hydrogens is 354 g/mol. The molecule has 0 unspecified atom stereocenters. The third kappa shape index (κ3) is 4.24. The Morgan fingerprint density at radius 2 is 1.46 bits per heavy atom. The normalized spacial score (nSPS) is 10.2. The first-order valence-corrected chi connectivity index (χ1v) is 8.63. The molecule has 6 nitrogen and oxygen atoms in total. The van der Waals surface area contributed by atoms with Gasteiger partial charge in [-0.1, -0.05) is 30.3 Å². The van der Waals surface area contributed by atoms with Crippen molar-refractivity contribution in [2.24, 2.45) is 0 Å². The maximum atomic E-state index is 13.0. The zero-order valence-electron chi connectivity index (χ0n) is 15.3. The summed E-state index contributed by atoms with van der Waals surface area (Å²) in [6, 6.07) is 21.9. The molecule has 0 saturated carbocycles. The topological polar surface area (TPSA) is 92.5 Å². The van der Waals surface area contributed by atoms with Gasteiger partial charge in [0.1, 0.15) is 0 Å². The van der Waals surface area contributed by atoms with E-state index in [9.17, 15) is 14.4 Å². The molecule has 3 N–H and O–H groups in total. The smallest absolute Gasteiger partial charge is 0.321 e. The van der Waals surface area contributed by atoms with Gasteiger partial charge in [-0.3, -0.25) is 19.3 Å². The van der Waals surface area contributed by atoms with Crippen LogP contribution in [0.4, 0.5) is 22.7 Å². The standard InChI is InChI=1S/C22H19N3O3/c1-15(26)16-6-5-7-18(14-16)24-21(27)22(28)25(19-8-3-2-4-9-19)20-12-10-17(23)11-13-20/h2-14H,23H2,1H3,(H,24,27). The van der Waals surface area contributed by atoms with Crippen molar-refractivity contribution >= 4 is 40.3 Å². The van der Waals surface area contributed by atoms with Gasteiger partial charge in [0.15, 0.2) is 5.78 Å². The summed E-state index contributed by atoms with van der Waals surface area (Å²) in [7, 11) is 0. The van der Waals surface area contributed by atoms with Gasteiger partial charge in [-0.05, 0) is 55.5 Å². The quantitative estimate of drug-likeness (QED) is 0.414. The van der Waals surface area contributed by atoms with Crippen molar-refractivity contribution in [2.45, 2.75) is 6.92 Å². The van der Waals surface area contributed by atoms with Gasteiger partial charge in [0.25, 0.3) is 0 Å². The van der Waals surface area contributed by atoms with E-state index >= 15 is 0 Å². The Balaban J connectivity index is 1.90. The highest BCUT2D eigenvalue weighted by atomic mass is 16.2. The number of nitrogens with one attached hydrogen (secondary N) is 1. The fourth-order valence-electron chi connectivity index (χ4n) is 2.69. The maximum Gasteiger partial charge on any atom is 0.321 e. The zero-order valence-corrected chi connectivity index (χ0v) is 15.3. The molecule has 0 bridgehead atoms. The molecule has 0 aromatic heterocycles. The van der Waals surface area contributed by atoms with Crippen LogP contribution in [0.25, 0.3) is 0 Å². The number of anilines is 4. The van der Waals surface area contributed by atoms with Crippen molar-refractivity contribution < 1.29 is 14.4 Å². The summed E-state index contributed by atoms with van der Waals surface area (Å²) >= 11 is 0. The van der Waals surface area contributed by atoms with Crippen LogP contribution in [-0.4, -0.2) is 17.6 Å². The number of rotatable bonds is 4. The van der Waals surface area contributed by atoms with E-state index in [1.165, 1.54) is 17.9 Å². The Bertz CT molecular complexity index is 1010. The molecular formula is C22H19N3O3. The highest BCUT2D eigenvalue weighted by Gasteiger charge is 2.25. The van der Waals surface area contributed by atoms with Crippen LogP contribution in [0.1, 0.15) is 17.3 Å². The summed E-state index contributed by atoms with van der Waals surface area (Å²) < 4.78 is 0. The number of amides is 2. The fraction of sp³-hybridized carbons (Fsp3) is 0.0455. The fourth-order valence-corrected chi connectivity index (χ4v) is 2.69. The molecule has 0 saturated heterocycles. The Kier molecular flexibility index (Phi) is 5.50. The summed E-state index contributed by atoms with van der Waals surface area (Å²) in [6.07, 6.45) is 0. The number of carbonyl (C=O) groups is 3. The van der Waals surface area contributed by atoms with E-state index in [4.69, 9.17) is 5.73 Å². The van der Waals surface area contributed by atoms with Gasteiger partial charge < -0.3 is 11.1 Å². The molecule has 2 amide bonds. The van der Waals surface area contributed by atoms with Gasteiger partial charge in [-0.2, -0.15) is 0 Å². The Morgan fingerprint density at radius 1 is 0.821 bits per heavy atom. The van der Waals surface area contributed by atoms with Crippen molar-refractivity contribution in [3.8, 4) is 0 Å². The summed E-state index contributed by atoms with van der Waals surface area (Å²) in [5.74, 6) is -1.71. The van der Waals surface area contributed by atoms with Crippen LogP contribution in [0, 0.1) is 0 Å². The van der Waals surface area contributed by atoms with Crippen molar-refractivity contribution in [3.05, 3.63) is 84.4 Å². The largest absolute Gasteiger partial charge is 0.399 e. The minimum atomic E-state index is -0.818. The number of Topliss-reactive ketones (excluding diaryl/α,β-unsaturated/α-hetero) is 1. The first-order chi connectivity index (χ1) is 13.5. The van der Waals surface area contributed by atoms with Crippen LogP contribution in [0.15, 0.2) is 78.9 Å². The van der Waals surface area contributed by atoms with Crippen LogP contribution in [0.5, 0.6) is 0 Å². The highest BCUT2D eigenvalue weighted by molar-refractivity contribution is 6.45. The molecule has 0 spiro atoms. The lowest BCUT2D eigenvalue weighted by Crippen LogP contribution is -2.36. The average molecular weight is 373 g/mol. The highest BCUT2D eigenvalue weighted by Crippen LogP contribution is 2.26. The molecule has 0 aliphatic carbocycles. The predicted octanol–water partition coefficient (Wildman–Crippen LogP) is 3.77. The zero-order chi connectivity index (χ0) is 20.1. The Hall–Kier alpha value is -3.93. The minimum Gasteiger partial charge on any atom is -0.399 e. The van der Waals surface area contributed by atoms with E-state index in [2.05, 4.69) is 5.32 Å². The van der Waals surface area contributed by atoms with E-state index in [1.54, 1.807) is 66.7 Å². The summed E-state index contributed by atoms with van der Waals surface area (Å²) in [5.41, 5.74) is 8.16. The molecule has 0 aliphatic rings. The van der Waals surface area contributed by atoms with Gasteiger partial charge in [0.05, 0.1) is 0 Å². The van der Waals surface area contributed by atoms with Crippen molar-refractivity contribution in [1.29, 1.82) is 0 Å². The van der Waals surface area contributed by atoms with E-state index in [0.717, 1.165) is 0 Å². The third-order valence-corrected chi connectivity index (χ3v) is 4.09. The van der Waals surface area contributed by atoms with Crippen molar-refractivity contribution in [1.82, 2.24) is 0 Å². The second-order valence-corrected chi connectivity index (χ2v) is 6.16. The number of ketones is 1. The van der Waals surface area contributed by atoms with Gasteiger partial charge in [-0.25, -0.2) is 0 Å². The Morgan fingerprint density at radius 3 is 2.11 bits per heavy atom. The van der Waals surface area contributed by atoms with Crippen LogP contribution in [-0.2, 0) is 9.59 Å². The molecule has 0 atom stereocenters. The van der Waals surface area contributed by atoms with Gasteiger partial charge in [0.2, 0.25) is 0 Å². The number of para-hydroxylation sites is 1. The average Bonchev–Trinajstić information content (AvgIpc) is 2.70. The lowest BCUT2D eigenvalue weighted by Gasteiger charge is -2.22. The molecule has 3 rings (SSSR count). The molecule has 0 radical (unpaired) electrons. The lowest BCUT2D eigenvalue weighted by molar-refractivity contribution is -0.134. The van der Waals surface area contributed by atoms with E-state index < -0.39 is 11.8 Å². The number of hydrogen-bond donors (Lipinski definition) is 2. The molecule has 6 heteroatoms. The maximum absolute atomic E-state index is 13.0. The molecule has 0 heterocycles. The first-order valence-electron chi connectivity index (χ1n) is 8.63. The summed E-state index contributed by atoms with van der Waals surface area (Å²) in [5, 5.41) is 2.56.